The Morgan fingerprint density at radius 2 is 1.94 bits per heavy atom. The molecule has 0 aliphatic carbocycles. The second kappa shape index (κ2) is 10.2. The van der Waals surface area contributed by atoms with Crippen LogP contribution in [0.4, 0.5) is 23.2 Å². The average Bonchev–Trinajstić information content (AvgIpc) is 3.18. The van der Waals surface area contributed by atoms with Crippen LogP contribution in [-0.2, 0) is 6.54 Å². The Kier molecular flexibility index (Phi) is 7.43. The van der Waals surface area contributed by atoms with Crippen LogP contribution in [0, 0.1) is 11.6 Å². The van der Waals surface area contributed by atoms with E-state index in [9.17, 15) is 17.6 Å². The Labute approximate surface area is 177 Å². The van der Waals surface area contributed by atoms with Crippen molar-refractivity contribution in [3.05, 3.63) is 53.6 Å². The molecule has 1 saturated heterocycles. The van der Waals surface area contributed by atoms with E-state index in [0.29, 0.717) is 37.6 Å². The average molecular weight is 440 g/mol. The van der Waals surface area contributed by atoms with Gasteiger partial charge in [-0.2, -0.15) is 8.78 Å². The molecule has 1 atom stereocenters. The van der Waals surface area contributed by atoms with E-state index >= 15 is 0 Å². The molecule has 0 saturated carbocycles. The molecule has 6 nitrogen and oxygen atoms in total. The lowest BCUT2D eigenvalue weighted by Gasteiger charge is -2.21. The first-order chi connectivity index (χ1) is 14.9. The summed E-state index contributed by atoms with van der Waals surface area (Å²) >= 11 is 0. The summed E-state index contributed by atoms with van der Waals surface area (Å²) in [7, 11) is 2.97. The number of nitrogens with zero attached hydrogens (tertiary/aromatic N) is 2. The molecular formula is C21H24F4N4O2. The van der Waals surface area contributed by atoms with Crippen molar-refractivity contribution in [2.45, 2.75) is 25.6 Å². The molecule has 0 spiro atoms. The number of guanidine groups is 1. The third-order valence-corrected chi connectivity index (χ3v) is 4.91. The van der Waals surface area contributed by atoms with Crippen LogP contribution in [0.25, 0.3) is 0 Å². The fourth-order valence-corrected chi connectivity index (χ4v) is 3.47. The molecule has 2 aromatic rings. The maximum Gasteiger partial charge on any atom is 0.387 e. The Morgan fingerprint density at radius 1 is 1.19 bits per heavy atom. The smallest absolute Gasteiger partial charge is 0.387 e. The van der Waals surface area contributed by atoms with Gasteiger partial charge in [-0.3, -0.25) is 4.99 Å². The first kappa shape index (κ1) is 22.5. The summed E-state index contributed by atoms with van der Waals surface area (Å²) in [6.45, 7) is -1.76. The van der Waals surface area contributed by atoms with E-state index in [-0.39, 0.29) is 23.2 Å². The van der Waals surface area contributed by atoms with Gasteiger partial charge in [0.2, 0.25) is 0 Å². The number of hydrogen-bond acceptors (Lipinski definition) is 4. The van der Waals surface area contributed by atoms with E-state index in [2.05, 4.69) is 20.4 Å². The van der Waals surface area contributed by atoms with Crippen molar-refractivity contribution in [1.29, 1.82) is 0 Å². The molecule has 1 unspecified atom stereocenters. The predicted octanol–water partition coefficient (Wildman–Crippen LogP) is 3.52. The Balaban J connectivity index is 1.58. The molecule has 0 radical (unpaired) electrons. The van der Waals surface area contributed by atoms with Gasteiger partial charge in [-0.05, 0) is 36.2 Å². The molecule has 3 rings (SSSR count). The molecule has 10 heteroatoms. The monoisotopic (exact) mass is 440 g/mol. The molecule has 1 aliphatic heterocycles. The summed E-state index contributed by atoms with van der Waals surface area (Å²) in [6.07, 6.45) is 0.670. The van der Waals surface area contributed by atoms with Crippen molar-refractivity contribution in [3.63, 3.8) is 0 Å². The van der Waals surface area contributed by atoms with Crippen molar-refractivity contribution >= 4 is 11.6 Å². The Morgan fingerprint density at radius 3 is 2.58 bits per heavy atom. The normalized spacial score (nSPS) is 16.5. The van der Waals surface area contributed by atoms with Gasteiger partial charge in [-0.1, -0.05) is 12.1 Å². The molecular weight excluding hydrogens is 416 g/mol. The SMILES string of the molecule is CN=C(NCc1ccc(OC)c(OC(F)F)c1)NC1CCN(c2c(F)cccc2F)C1. The van der Waals surface area contributed by atoms with Gasteiger partial charge in [0.05, 0.1) is 7.11 Å². The second-order valence-electron chi connectivity index (χ2n) is 6.94. The summed E-state index contributed by atoms with van der Waals surface area (Å²) in [5.41, 5.74) is 0.653. The lowest BCUT2D eigenvalue weighted by atomic mass is 10.2. The minimum Gasteiger partial charge on any atom is -0.493 e. The number of halogens is 4. The molecule has 1 aliphatic rings. The number of anilines is 1. The number of rotatable bonds is 7. The molecule has 0 amide bonds. The van der Waals surface area contributed by atoms with Crippen molar-refractivity contribution in [2.24, 2.45) is 4.99 Å². The first-order valence-electron chi connectivity index (χ1n) is 9.69. The number of aliphatic imine (C=N–C) groups is 1. The van der Waals surface area contributed by atoms with Crippen LogP contribution in [-0.4, -0.2) is 45.9 Å². The van der Waals surface area contributed by atoms with Crippen molar-refractivity contribution in [3.8, 4) is 11.5 Å². The number of hydrogen-bond donors (Lipinski definition) is 2. The number of alkyl halides is 2. The number of ether oxygens (including phenoxy) is 2. The van der Waals surface area contributed by atoms with Gasteiger partial charge in [0, 0.05) is 32.7 Å². The summed E-state index contributed by atoms with van der Waals surface area (Å²) in [5.74, 6) is -0.557. The number of nitrogens with one attached hydrogen (secondary N) is 2. The highest BCUT2D eigenvalue weighted by atomic mass is 19.3. The molecule has 2 aromatic carbocycles. The van der Waals surface area contributed by atoms with Crippen LogP contribution in [0.5, 0.6) is 11.5 Å². The molecule has 0 bridgehead atoms. The highest BCUT2D eigenvalue weighted by molar-refractivity contribution is 5.80. The fourth-order valence-electron chi connectivity index (χ4n) is 3.47. The van der Waals surface area contributed by atoms with Crippen LogP contribution < -0.4 is 25.0 Å². The van der Waals surface area contributed by atoms with Crippen LogP contribution >= 0.6 is 0 Å². The van der Waals surface area contributed by atoms with Gasteiger partial charge in [0.1, 0.15) is 17.3 Å². The largest absolute Gasteiger partial charge is 0.493 e. The lowest BCUT2D eigenvalue weighted by Crippen LogP contribution is -2.44. The molecule has 168 valence electrons. The van der Waals surface area contributed by atoms with Crippen LogP contribution in [0.2, 0.25) is 0 Å². The zero-order chi connectivity index (χ0) is 22.4. The van der Waals surface area contributed by atoms with Gasteiger partial charge in [-0.15, -0.1) is 0 Å². The van der Waals surface area contributed by atoms with E-state index in [1.54, 1.807) is 24.1 Å². The highest BCUT2D eigenvalue weighted by Gasteiger charge is 2.27. The Hall–Kier alpha value is -3.17. The summed E-state index contributed by atoms with van der Waals surface area (Å²) in [5, 5.41) is 6.32. The zero-order valence-electron chi connectivity index (χ0n) is 17.2. The van der Waals surface area contributed by atoms with Crippen molar-refractivity contribution in [1.82, 2.24) is 10.6 Å². The molecule has 31 heavy (non-hydrogen) atoms. The molecule has 1 heterocycles. The van der Waals surface area contributed by atoms with E-state index in [0.717, 1.165) is 0 Å². The second-order valence-corrected chi connectivity index (χ2v) is 6.94. The number of benzene rings is 2. The summed E-state index contributed by atoms with van der Waals surface area (Å²) in [4.78, 5) is 5.82. The van der Waals surface area contributed by atoms with E-state index in [1.807, 2.05) is 0 Å². The van der Waals surface area contributed by atoms with Gasteiger partial charge < -0.3 is 25.0 Å². The maximum absolute atomic E-state index is 14.0. The quantitative estimate of drug-likeness (QED) is 0.392. The van der Waals surface area contributed by atoms with Gasteiger partial charge >= 0.3 is 6.61 Å². The fraction of sp³-hybridized carbons (Fsp3) is 0.381. The Bertz CT molecular complexity index is 906. The van der Waals surface area contributed by atoms with Crippen LogP contribution in [0.3, 0.4) is 0 Å². The van der Waals surface area contributed by atoms with Crippen LogP contribution in [0.15, 0.2) is 41.4 Å². The zero-order valence-corrected chi connectivity index (χ0v) is 17.2. The lowest BCUT2D eigenvalue weighted by molar-refractivity contribution is -0.0512. The number of methoxy groups -OCH3 is 1. The van der Waals surface area contributed by atoms with Gasteiger partial charge in [0.25, 0.3) is 0 Å². The van der Waals surface area contributed by atoms with E-state index in [4.69, 9.17) is 4.74 Å². The summed E-state index contributed by atoms with van der Waals surface area (Å²) < 4.78 is 62.8. The van der Waals surface area contributed by atoms with E-state index < -0.39 is 18.2 Å². The maximum atomic E-state index is 14.0. The van der Waals surface area contributed by atoms with Gasteiger partial charge in [0.15, 0.2) is 17.5 Å². The first-order valence-corrected chi connectivity index (χ1v) is 9.69. The number of para-hydroxylation sites is 1. The van der Waals surface area contributed by atoms with Crippen molar-refractivity contribution in [2.75, 3.05) is 32.1 Å². The third kappa shape index (κ3) is 5.71. The van der Waals surface area contributed by atoms with Gasteiger partial charge in [-0.25, -0.2) is 8.78 Å². The molecule has 0 aromatic heterocycles. The minimum absolute atomic E-state index is 0.0282. The standard InChI is InChI=1S/C21H24F4N4O2/c1-26-21(27-11-13-6-7-17(30-2)18(10-13)31-20(24)25)28-14-8-9-29(12-14)19-15(22)4-3-5-16(19)23/h3-7,10,14,20H,8-9,11-12H2,1-2H3,(H2,26,27,28). The van der Waals surface area contributed by atoms with Crippen molar-refractivity contribution < 1.29 is 27.0 Å². The molecule has 1 fully saturated rings. The predicted molar refractivity (Wildman–Crippen MR) is 110 cm³/mol. The molecule has 2 N–H and O–H groups in total. The summed E-state index contributed by atoms with van der Waals surface area (Å²) in [6, 6.07) is 8.46. The highest BCUT2D eigenvalue weighted by Crippen LogP contribution is 2.29. The minimum atomic E-state index is -2.96. The van der Waals surface area contributed by atoms with E-state index in [1.165, 1.54) is 31.4 Å². The van der Waals surface area contributed by atoms with Crippen LogP contribution in [0.1, 0.15) is 12.0 Å². The topological polar surface area (TPSA) is 58.1 Å². The third-order valence-electron chi connectivity index (χ3n) is 4.91.